The average Bonchev–Trinajstić information content (AvgIpc) is 2.20. The van der Waals surface area contributed by atoms with Crippen LogP contribution in [0.15, 0.2) is 30.3 Å². The van der Waals surface area contributed by atoms with Gasteiger partial charge < -0.3 is 5.11 Å². The molecule has 1 aromatic carbocycles. The van der Waals surface area contributed by atoms with Crippen molar-refractivity contribution in [3.05, 3.63) is 35.9 Å². The molecular weight excluding hydrogens is 192 g/mol. The van der Waals surface area contributed by atoms with Gasteiger partial charge in [0.25, 0.3) is 0 Å². The highest BCUT2D eigenvalue weighted by molar-refractivity contribution is 7.98. The van der Waals surface area contributed by atoms with E-state index in [0.717, 1.165) is 25.0 Å². The summed E-state index contributed by atoms with van der Waals surface area (Å²) in [6, 6.07) is 10.4. The summed E-state index contributed by atoms with van der Waals surface area (Å²) in [6.45, 7) is 0. The Balaban J connectivity index is 2.16. The van der Waals surface area contributed by atoms with Crippen molar-refractivity contribution < 1.29 is 5.11 Å². The fourth-order valence-electron chi connectivity index (χ4n) is 1.46. The van der Waals surface area contributed by atoms with E-state index in [9.17, 15) is 5.11 Å². The summed E-state index contributed by atoms with van der Waals surface area (Å²) in [4.78, 5) is 0. The fourth-order valence-corrected chi connectivity index (χ4v) is 2.01. The van der Waals surface area contributed by atoms with Gasteiger partial charge >= 0.3 is 0 Å². The minimum Gasteiger partial charge on any atom is -0.392 e. The van der Waals surface area contributed by atoms with Crippen LogP contribution in [0.2, 0.25) is 0 Å². The second kappa shape index (κ2) is 6.91. The van der Waals surface area contributed by atoms with Crippen LogP contribution < -0.4 is 0 Å². The predicted octanol–water partition coefficient (Wildman–Crippen LogP) is 2.73. The number of benzene rings is 1. The quantitative estimate of drug-likeness (QED) is 0.779. The van der Waals surface area contributed by atoms with Gasteiger partial charge in [0.1, 0.15) is 0 Å². The highest BCUT2D eigenvalue weighted by atomic mass is 32.2. The van der Waals surface area contributed by atoms with Crippen LogP contribution in [0.4, 0.5) is 0 Å². The van der Waals surface area contributed by atoms with Gasteiger partial charge in [0, 0.05) is 5.75 Å². The standard InChI is InChI=1S/C12H18OS/c1-14-10-12(13)9-5-8-11-6-3-2-4-7-11/h2-4,6-7,12-13H,5,8-10H2,1H3. The molecule has 0 aliphatic rings. The van der Waals surface area contributed by atoms with Crippen molar-refractivity contribution in [3.63, 3.8) is 0 Å². The second-order valence-corrected chi connectivity index (χ2v) is 4.40. The third-order valence-electron chi connectivity index (χ3n) is 2.20. The van der Waals surface area contributed by atoms with Crippen LogP contribution in [-0.2, 0) is 6.42 Å². The van der Waals surface area contributed by atoms with Crippen LogP contribution in [0.1, 0.15) is 18.4 Å². The van der Waals surface area contributed by atoms with Gasteiger partial charge in [0.05, 0.1) is 6.10 Å². The zero-order valence-electron chi connectivity index (χ0n) is 8.65. The van der Waals surface area contributed by atoms with Crippen LogP contribution in [0, 0.1) is 0 Å². The molecule has 0 saturated carbocycles. The number of hydrogen-bond acceptors (Lipinski definition) is 2. The van der Waals surface area contributed by atoms with Crippen molar-refractivity contribution in [3.8, 4) is 0 Å². The summed E-state index contributed by atoms with van der Waals surface area (Å²) in [7, 11) is 0. The van der Waals surface area contributed by atoms with Crippen molar-refractivity contribution in [2.24, 2.45) is 0 Å². The minimum absolute atomic E-state index is 0.131. The molecule has 0 aromatic heterocycles. The molecule has 1 atom stereocenters. The lowest BCUT2D eigenvalue weighted by Gasteiger charge is -2.08. The summed E-state index contributed by atoms with van der Waals surface area (Å²) in [5, 5.41) is 9.51. The van der Waals surface area contributed by atoms with Crippen molar-refractivity contribution in [1.82, 2.24) is 0 Å². The average molecular weight is 210 g/mol. The van der Waals surface area contributed by atoms with Gasteiger partial charge in [-0.25, -0.2) is 0 Å². The van der Waals surface area contributed by atoms with Crippen molar-refractivity contribution >= 4 is 11.8 Å². The molecule has 14 heavy (non-hydrogen) atoms. The lowest BCUT2D eigenvalue weighted by Crippen LogP contribution is -2.09. The van der Waals surface area contributed by atoms with E-state index in [2.05, 4.69) is 24.3 Å². The normalized spacial score (nSPS) is 12.7. The molecule has 0 fully saturated rings. The van der Waals surface area contributed by atoms with Gasteiger partial charge in [0.2, 0.25) is 0 Å². The summed E-state index contributed by atoms with van der Waals surface area (Å²) in [6.07, 6.45) is 4.96. The molecule has 0 aliphatic carbocycles. The van der Waals surface area contributed by atoms with E-state index in [1.54, 1.807) is 11.8 Å². The second-order valence-electron chi connectivity index (χ2n) is 3.49. The molecule has 1 aromatic rings. The zero-order chi connectivity index (χ0) is 10.2. The molecule has 0 bridgehead atoms. The van der Waals surface area contributed by atoms with E-state index < -0.39 is 0 Å². The summed E-state index contributed by atoms with van der Waals surface area (Å²) < 4.78 is 0. The number of thioether (sulfide) groups is 1. The SMILES string of the molecule is CSCC(O)CCCc1ccccc1. The molecule has 0 aliphatic heterocycles. The highest BCUT2D eigenvalue weighted by Crippen LogP contribution is 2.08. The zero-order valence-corrected chi connectivity index (χ0v) is 9.46. The number of hydrogen-bond donors (Lipinski definition) is 1. The minimum atomic E-state index is -0.131. The van der Waals surface area contributed by atoms with Crippen molar-refractivity contribution in [2.45, 2.75) is 25.4 Å². The molecule has 1 rings (SSSR count). The van der Waals surface area contributed by atoms with Gasteiger partial charge in [-0.3, -0.25) is 0 Å². The Morgan fingerprint density at radius 2 is 2.00 bits per heavy atom. The molecular formula is C12H18OS. The topological polar surface area (TPSA) is 20.2 Å². The summed E-state index contributed by atoms with van der Waals surface area (Å²) in [5.41, 5.74) is 1.36. The van der Waals surface area contributed by atoms with E-state index in [-0.39, 0.29) is 6.10 Å². The van der Waals surface area contributed by atoms with Gasteiger partial charge in [-0.1, -0.05) is 30.3 Å². The molecule has 1 unspecified atom stereocenters. The lowest BCUT2D eigenvalue weighted by molar-refractivity contribution is 0.186. The van der Waals surface area contributed by atoms with E-state index in [1.165, 1.54) is 5.56 Å². The Kier molecular flexibility index (Phi) is 5.72. The molecule has 78 valence electrons. The van der Waals surface area contributed by atoms with Gasteiger partial charge in [-0.2, -0.15) is 11.8 Å². The third kappa shape index (κ3) is 4.68. The highest BCUT2D eigenvalue weighted by Gasteiger charge is 2.02. The molecule has 0 heterocycles. The Morgan fingerprint density at radius 1 is 1.29 bits per heavy atom. The molecule has 0 amide bonds. The van der Waals surface area contributed by atoms with E-state index >= 15 is 0 Å². The molecule has 0 spiro atoms. The van der Waals surface area contributed by atoms with E-state index in [4.69, 9.17) is 0 Å². The van der Waals surface area contributed by atoms with Gasteiger partial charge in [0.15, 0.2) is 0 Å². The first-order valence-corrected chi connectivity index (χ1v) is 6.43. The molecule has 1 nitrogen and oxygen atoms in total. The van der Waals surface area contributed by atoms with Crippen LogP contribution in [0.25, 0.3) is 0 Å². The molecule has 0 radical (unpaired) electrons. The Labute approximate surface area is 90.5 Å². The Hall–Kier alpha value is -0.470. The summed E-state index contributed by atoms with van der Waals surface area (Å²) >= 11 is 1.71. The van der Waals surface area contributed by atoms with Crippen LogP contribution in [-0.4, -0.2) is 23.2 Å². The number of aliphatic hydroxyl groups is 1. The maximum Gasteiger partial charge on any atom is 0.0630 e. The third-order valence-corrected chi connectivity index (χ3v) is 2.92. The number of rotatable bonds is 6. The van der Waals surface area contributed by atoms with E-state index in [1.807, 2.05) is 12.3 Å². The fraction of sp³-hybridized carbons (Fsp3) is 0.500. The van der Waals surface area contributed by atoms with Gasteiger partial charge in [-0.15, -0.1) is 0 Å². The van der Waals surface area contributed by atoms with Gasteiger partial charge in [-0.05, 0) is 31.1 Å². The molecule has 1 N–H and O–H groups in total. The number of aliphatic hydroxyl groups excluding tert-OH is 1. The first-order chi connectivity index (χ1) is 6.83. The van der Waals surface area contributed by atoms with Crippen molar-refractivity contribution in [1.29, 1.82) is 0 Å². The Bertz CT molecular complexity index is 235. The van der Waals surface area contributed by atoms with E-state index in [0.29, 0.717) is 0 Å². The monoisotopic (exact) mass is 210 g/mol. The largest absolute Gasteiger partial charge is 0.392 e. The first-order valence-electron chi connectivity index (χ1n) is 5.04. The number of aryl methyl sites for hydroxylation is 1. The summed E-state index contributed by atoms with van der Waals surface area (Å²) in [5.74, 6) is 0.856. The van der Waals surface area contributed by atoms with Crippen LogP contribution in [0.3, 0.4) is 0 Å². The van der Waals surface area contributed by atoms with Crippen molar-refractivity contribution in [2.75, 3.05) is 12.0 Å². The predicted molar refractivity (Wildman–Crippen MR) is 63.8 cm³/mol. The maximum atomic E-state index is 9.51. The molecule has 2 heteroatoms. The molecule has 0 saturated heterocycles. The Morgan fingerprint density at radius 3 is 2.64 bits per heavy atom. The van der Waals surface area contributed by atoms with Crippen LogP contribution in [0.5, 0.6) is 0 Å². The first kappa shape index (κ1) is 11.6. The maximum absolute atomic E-state index is 9.51. The smallest absolute Gasteiger partial charge is 0.0630 e. The van der Waals surface area contributed by atoms with Crippen LogP contribution >= 0.6 is 11.8 Å². The lowest BCUT2D eigenvalue weighted by atomic mass is 10.1.